The first-order chi connectivity index (χ1) is 9.24. The number of hydrogen-bond donors (Lipinski definition) is 2. The van der Waals surface area contributed by atoms with Gasteiger partial charge < -0.3 is 10.5 Å². The number of sulfonamides is 1. The van der Waals surface area contributed by atoms with Crippen molar-refractivity contribution in [3.8, 4) is 0 Å². The zero-order chi connectivity index (χ0) is 15.3. The largest absolute Gasteiger partial charge is 0.399 e. The van der Waals surface area contributed by atoms with Crippen LogP contribution in [-0.4, -0.2) is 28.2 Å². The molecule has 1 aromatic carbocycles. The molecule has 112 valence electrons. The van der Waals surface area contributed by atoms with Gasteiger partial charge in [-0.25, -0.2) is 13.1 Å². The summed E-state index contributed by atoms with van der Waals surface area (Å²) < 4.78 is 31.7. The highest BCUT2D eigenvalue weighted by Gasteiger charge is 2.21. The van der Waals surface area contributed by atoms with Crippen LogP contribution in [0.25, 0.3) is 0 Å². The molecule has 1 aromatic rings. The summed E-state index contributed by atoms with van der Waals surface area (Å²) >= 11 is 11.7. The fourth-order valence-electron chi connectivity index (χ4n) is 1.40. The Morgan fingerprint density at radius 2 is 1.95 bits per heavy atom. The maximum atomic E-state index is 12.1. The number of rotatable bonds is 7. The van der Waals surface area contributed by atoms with Crippen LogP contribution in [0.4, 0.5) is 5.69 Å². The van der Waals surface area contributed by atoms with Crippen LogP contribution in [0.5, 0.6) is 0 Å². The molecule has 5 nitrogen and oxygen atoms in total. The summed E-state index contributed by atoms with van der Waals surface area (Å²) in [7, 11) is -3.81. The molecule has 0 radical (unpaired) electrons. The van der Waals surface area contributed by atoms with E-state index in [-0.39, 0.29) is 28.1 Å². The summed E-state index contributed by atoms with van der Waals surface area (Å²) in [5.41, 5.74) is 6.68. The maximum absolute atomic E-state index is 12.1. The fourth-order valence-corrected chi connectivity index (χ4v) is 3.64. The third kappa shape index (κ3) is 4.96. The van der Waals surface area contributed by atoms with E-state index < -0.39 is 10.0 Å². The highest BCUT2D eigenvalue weighted by molar-refractivity contribution is 7.89. The zero-order valence-electron chi connectivity index (χ0n) is 10.9. The number of halogens is 2. The Bertz CT molecular complexity index is 580. The molecule has 0 saturated carbocycles. The van der Waals surface area contributed by atoms with Crippen molar-refractivity contribution in [1.29, 1.82) is 0 Å². The number of nitrogens with two attached hydrogens (primary N) is 1. The van der Waals surface area contributed by atoms with Gasteiger partial charge in [-0.15, -0.1) is 0 Å². The Kier molecular flexibility index (Phi) is 6.29. The molecule has 0 aliphatic heterocycles. The minimum absolute atomic E-state index is 0.0228. The first-order valence-corrected chi connectivity index (χ1v) is 7.94. The summed E-state index contributed by atoms with van der Waals surface area (Å²) in [4.78, 5) is -0.185. The van der Waals surface area contributed by atoms with Crippen molar-refractivity contribution in [2.75, 3.05) is 25.5 Å². The quantitative estimate of drug-likeness (QED) is 0.454. The molecule has 0 aromatic heterocycles. The third-order valence-electron chi connectivity index (χ3n) is 2.18. The predicted octanol–water partition coefficient (Wildman–Crippen LogP) is 2.45. The Hall–Kier alpha value is -0.790. The van der Waals surface area contributed by atoms with Crippen molar-refractivity contribution in [1.82, 2.24) is 4.72 Å². The molecule has 0 spiro atoms. The summed E-state index contributed by atoms with van der Waals surface area (Å²) in [6, 6.07) is 2.67. The lowest BCUT2D eigenvalue weighted by atomic mass is 10.3. The van der Waals surface area contributed by atoms with E-state index in [9.17, 15) is 8.42 Å². The molecule has 0 heterocycles. The molecule has 0 bridgehead atoms. The molecule has 20 heavy (non-hydrogen) atoms. The van der Waals surface area contributed by atoms with Crippen molar-refractivity contribution >= 4 is 38.9 Å². The van der Waals surface area contributed by atoms with Crippen LogP contribution in [0.1, 0.15) is 6.92 Å². The second kappa shape index (κ2) is 7.28. The molecule has 1 rings (SSSR count). The molecular formula is C12H16Cl2N2O3S. The molecule has 3 N–H and O–H groups in total. The summed E-state index contributed by atoms with van der Waals surface area (Å²) in [6.45, 7) is 6.19. The van der Waals surface area contributed by atoms with Crippen LogP contribution in [-0.2, 0) is 14.8 Å². The van der Waals surface area contributed by atoms with Crippen LogP contribution in [0.3, 0.4) is 0 Å². The van der Waals surface area contributed by atoms with Crippen molar-refractivity contribution in [2.24, 2.45) is 0 Å². The lowest BCUT2D eigenvalue weighted by Crippen LogP contribution is -2.28. The molecule has 8 heteroatoms. The van der Waals surface area contributed by atoms with Gasteiger partial charge in [-0.1, -0.05) is 35.4 Å². The number of benzene rings is 1. The average molecular weight is 339 g/mol. The van der Waals surface area contributed by atoms with E-state index in [1.807, 2.05) is 6.92 Å². The van der Waals surface area contributed by atoms with E-state index >= 15 is 0 Å². The van der Waals surface area contributed by atoms with Crippen LogP contribution in [0, 0.1) is 0 Å². The fraction of sp³-hybridized carbons (Fsp3) is 0.333. The van der Waals surface area contributed by atoms with E-state index in [2.05, 4.69) is 11.3 Å². The topological polar surface area (TPSA) is 81.4 Å². The van der Waals surface area contributed by atoms with E-state index in [1.54, 1.807) is 0 Å². The van der Waals surface area contributed by atoms with Crippen molar-refractivity contribution < 1.29 is 13.2 Å². The van der Waals surface area contributed by atoms with Gasteiger partial charge >= 0.3 is 0 Å². The van der Waals surface area contributed by atoms with Gasteiger partial charge in [0.25, 0.3) is 0 Å². The third-order valence-corrected chi connectivity index (χ3v) is 4.56. The Morgan fingerprint density at radius 1 is 1.40 bits per heavy atom. The highest BCUT2D eigenvalue weighted by Crippen LogP contribution is 2.31. The van der Waals surface area contributed by atoms with Gasteiger partial charge in [0.1, 0.15) is 4.90 Å². The van der Waals surface area contributed by atoms with Crippen LogP contribution in [0.2, 0.25) is 10.0 Å². The predicted molar refractivity (Wildman–Crippen MR) is 81.7 cm³/mol. The average Bonchev–Trinajstić information content (AvgIpc) is 2.25. The number of ether oxygens (including phenoxy) is 1. The van der Waals surface area contributed by atoms with E-state index in [0.29, 0.717) is 12.3 Å². The first-order valence-electron chi connectivity index (χ1n) is 5.70. The van der Waals surface area contributed by atoms with Crippen molar-refractivity contribution in [3.63, 3.8) is 0 Å². The van der Waals surface area contributed by atoms with E-state index in [4.69, 9.17) is 33.7 Å². The molecule has 0 amide bonds. The number of nitrogens with one attached hydrogen (secondary N) is 1. The van der Waals surface area contributed by atoms with Crippen molar-refractivity contribution in [3.05, 3.63) is 34.3 Å². The summed E-state index contributed by atoms with van der Waals surface area (Å²) in [5.74, 6) is 0. The first kappa shape index (κ1) is 17.3. The highest BCUT2D eigenvalue weighted by atomic mass is 35.5. The molecular weight excluding hydrogens is 323 g/mol. The number of anilines is 1. The lowest BCUT2D eigenvalue weighted by Gasteiger charge is -2.11. The molecule has 0 unspecified atom stereocenters. The monoisotopic (exact) mass is 338 g/mol. The smallest absolute Gasteiger partial charge is 0.243 e. The molecule has 0 aliphatic rings. The lowest BCUT2D eigenvalue weighted by molar-refractivity contribution is 0.162. The SMILES string of the molecule is C=C(C)COCCNS(=O)(=O)c1c(Cl)cc(N)cc1Cl. The van der Waals surface area contributed by atoms with Crippen molar-refractivity contribution in [2.45, 2.75) is 11.8 Å². The summed E-state index contributed by atoms with van der Waals surface area (Å²) in [6.07, 6.45) is 0. The van der Waals surface area contributed by atoms with Crippen LogP contribution in [0.15, 0.2) is 29.2 Å². The second-order valence-electron chi connectivity index (χ2n) is 4.22. The molecule has 0 atom stereocenters. The second-order valence-corrected chi connectivity index (χ2v) is 6.74. The van der Waals surface area contributed by atoms with Gasteiger partial charge in [0, 0.05) is 12.2 Å². The standard InChI is InChI=1S/C12H16Cl2N2O3S/c1-8(2)7-19-4-3-16-20(17,18)12-10(13)5-9(15)6-11(12)14/h5-6,16H,1,3-4,7,15H2,2H3. The van der Waals surface area contributed by atoms with E-state index in [0.717, 1.165) is 5.57 Å². The van der Waals surface area contributed by atoms with Gasteiger partial charge in [-0.3, -0.25) is 0 Å². The molecule has 0 fully saturated rings. The van der Waals surface area contributed by atoms with Gasteiger partial charge in [0.15, 0.2) is 0 Å². The number of hydrogen-bond acceptors (Lipinski definition) is 4. The van der Waals surface area contributed by atoms with Gasteiger partial charge in [0.2, 0.25) is 10.0 Å². The van der Waals surface area contributed by atoms with E-state index in [1.165, 1.54) is 12.1 Å². The Labute approximate surface area is 128 Å². The maximum Gasteiger partial charge on any atom is 0.243 e. The Balaban J connectivity index is 2.73. The molecule has 0 aliphatic carbocycles. The van der Waals surface area contributed by atoms with Gasteiger partial charge in [0.05, 0.1) is 23.3 Å². The number of nitrogen functional groups attached to an aromatic ring is 1. The molecule has 0 saturated heterocycles. The van der Waals surface area contributed by atoms with Crippen LogP contribution < -0.4 is 10.5 Å². The van der Waals surface area contributed by atoms with Gasteiger partial charge in [-0.2, -0.15) is 0 Å². The summed E-state index contributed by atoms with van der Waals surface area (Å²) in [5, 5.41) is -0.0456. The van der Waals surface area contributed by atoms with Crippen LogP contribution >= 0.6 is 23.2 Å². The Morgan fingerprint density at radius 3 is 2.45 bits per heavy atom. The normalized spacial score (nSPS) is 11.6. The minimum Gasteiger partial charge on any atom is -0.399 e. The zero-order valence-corrected chi connectivity index (χ0v) is 13.3. The minimum atomic E-state index is -3.81. The van der Waals surface area contributed by atoms with Gasteiger partial charge in [-0.05, 0) is 19.1 Å².